The first-order valence-corrected chi connectivity index (χ1v) is 10.7. The Morgan fingerprint density at radius 2 is 1.76 bits per heavy atom. The van der Waals surface area contributed by atoms with Gasteiger partial charge in [-0.15, -0.1) is 0 Å². The van der Waals surface area contributed by atoms with E-state index in [0.717, 1.165) is 16.7 Å². The molecule has 0 spiro atoms. The third-order valence-electron chi connectivity index (χ3n) is 4.78. The number of carbonyl (C=O) groups is 3. The molecule has 0 atom stereocenters. The first kappa shape index (κ1) is 25.2. The minimum atomic E-state index is -1.12. The molecule has 0 fully saturated rings. The van der Waals surface area contributed by atoms with Crippen LogP contribution in [0.1, 0.15) is 48.0 Å². The fourth-order valence-corrected chi connectivity index (χ4v) is 3.51. The summed E-state index contributed by atoms with van der Waals surface area (Å²) in [4.78, 5) is 38.1. The molecule has 10 heteroatoms. The normalized spacial score (nSPS) is 11.4. The lowest BCUT2D eigenvalue weighted by Crippen LogP contribution is -2.29. The zero-order chi connectivity index (χ0) is 25.2. The van der Waals surface area contributed by atoms with E-state index < -0.39 is 35.1 Å². The summed E-state index contributed by atoms with van der Waals surface area (Å²) >= 11 is 6.14. The summed E-state index contributed by atoms with van der Waals surface area (Å²) in [5.41, 5.74) is -0.422. The number of ketones is 1. The topological polar surface area (TPSA) is 86.6 Å². The minimum Gasteiger partial charge on any atom is -0.464 e. The number of benzene rings is 2. The summed E-state index contributed by atoms with van der Waals surface area (Å²) in [6, 6.07) is 7.60. The second kappa shape index (κ2) is 9.80. The Morgan fingerprint density at radius 3 is 2.38 bits per heavy atom. The molecule has 0 amide bonds. The second-order valence-electron chi connectivity index (χ2n) is 8.42. The van der Waals surface area contributed by atoms with Crippen LogP contribution in [0.3, 0.4) is 0 Å². The average molecular weight is 493 g/mol. The molecule has 3 aromatic rings. The van der Waals surface area contributed by atoms with Gasteiger partial charge in [0.25, 0.3) is 0 Å². The van der Waals surface area contributed by atoms with Gasteiger partial charge in [-0.2, -0.15) is 0 Å². The number of hydrogen-bond donors (Lipinski definition) is 1. The van der Waals surface area contributed by atoms with Gasteiger partial charge in [-0.1, -0.05) is 11.6 Å². The third kappa shape index (κ3) is 5.36. The number of carbonyl (C=O) groups excluding carboxylic acids is 3. The quantitative estimate of drug-likeness (QED) is 0.344. The molecule has 0 aliphatic carbocycles. The Morgan fingerprint density at radius 1 is 1.06 bits per heavy atom. The largest absolute Gasteiger partial charge is 0.464 e. The summed E-state index contributed by atoms with van der Waals surface area (Å²) in [5.74, 6) is -3.42. The molecule has 0 aliphatic heterocycles. The maximum atomic E-state index is 13.5. The molecule has 0 saturated heterocycles. The van der Waals surface area contributed by atoms with Crippen LogP contribution in [0.5, 0.6) is 0 Å². The van der Waals surface area contributed by atoms with E-state index in [4.69, 9.17) is 21.1 Å². The van der Waals surface area contributed by atoms with Crippen LogP contribution in [0, 0.1) is 11.6 Å². The molecule has 3 rings (SSSR count). The van der Waals surface area contributed by atoms with Crippen LogP contribution in [-0.2, 0) is 9.47 Å². The van der Waals surface area contributed by atoms with Crippen molar-refractivity contribution in [2.75, 3.05) is 19.0 Å². The number of esters is 1. The lowest BCUT2D eigenvalue weighted by molar-refractivity contribution is 0.0490. The SMILES string of the molecule is COC(=O)c1c(NCCC(=O)c2ccc(F)c(F)c2)c2ccc(Cl)cc2n1C(=O)OC(C)(C)C. The average Bonchev–Trinajstić information content (AvgIpc) is 3.07. The van der Waals surface area contributed by atoms with Crippen LogP contribution in [0.25, 0.3) is 10.9 Å². The lowest BCUT2D eigenvalue weighted by atomic mass is 10.1. The second-order valence-corrected chi connectivity index (χ2v) is 8.86. The smallest absolute Gasteiger partial charge is 0.419 e. The van der Waals surface area contributed by atoms with Crippen molar-refractivity contribution in [3.8, 4) is 0 Å². The number of hydrogen-bond acceptors (Lipinski definition) is 6. The molecule has 1 heterocycles. The van der Waals surface area contributed by atoms with Crippen LogP contribution in [-0.4, -0.2) is 41.7 Å². The van der Waals surface area contributed by atoms with E-state index in [0.29, 0.717) is 15.9 Å². The molecular weight excluding hydrogens is 470 g/mol. The van der Waals surface area contributed by atoms with Crippen molar-refractivity contribution in [3.63, 3.8) is 0 Å². The van der Waals surface area contributed by atoms with Crippen molar-refractivity contribution in [1.82, 2.24) is 4.57 Å². The van der Waals surface area contributed by atoms with E-state index in [1.54, 1.807) is 32.9 Å². The van der Waals surface area contributed by atoms with E-state index in [1.807, 2.05) is 0 Å². The van der Waals surface area contributed by atoms with E-state index in [9.17, 15) is 23.2 Å². The molecule has 0 radical (unpaired) electrons. The van der Waals surface area contributed by atoms with Gasteiger partial charge in [0, 0.05) is 28.9 Å². The first-order chi connectivity index (χ1) is 15.9. The third-order valence-corrected chi connectivity index (χ3v) is 5.02. The Labute approximate surface area is 199 Å². The van der Waals surface area contributed by atoms with E-state index in [1.165, 1.54) is 19.2 Å². The van der Waals surface area contributed by atoms with Gasteiger partial charge in [-0.25, -0.2) is 22.9 Å². The Kier molecular flexibility index (Phi) is 7.26. The zero-order valence-electron chi connectivity index (χ0n) is 19.0. The van der Waals surface area contributed by atoms with Crippen LogP contribution in [0.15, 0.2) is 36.4 Å². The number of ether oxygens (including phenoxy) is 2. The van der Waals surface area contributed by atoms with Gasteiger partial charge in [-0.3, -0.25) is 4.79 Å². The molecule has 0 saturated carbocycles. The molecule has 0 aliphatic rings. The highest BCUT2D eigenvalue weighted by Gasteiger charge is 2.30. The van der Waals surface area contributed by atoms with E-state index in [2.05, 4.69) is 5.32 Å². The fourth-order valence-electron chi connectivity index (χ4n) is 3.34. The first-order valence-electron chi connectivity index (χ1n) is 10.3. The Hall–Kier alpha value is -3.46. The number of nitrogens with one attached hydrogen (secondary N) is 1. The molecule has 2 aromatic carbocycles. The highest BCUT2D eigenvalue weighted by molar-refractivity contribution is 6.31. The number of anilines is 1. The van der Waals surface area contributed by atoms with Gasteiger partial charge in [0.15, 0.2) is 23.1 Å². The number of fused-ring (bicyclic) bond motifs is 1. The van der Waals surface area contributed by atoms with Crippen LogP contribution >= 0.6 is 11.6 Å². The van der Waals surface area contributed by atoms with Crippen LogP contribution in [0.4, 0.5) is 19.3 Å². The predicted molar refractivity (Wildman–Crippen MR) is 124 cm³/mol. The molecule has 34 heavy (non-hydrogen) atoms. The summed E-state index contributed by atoms with van der Waals surface area (Å²) in [5, 5.41) is 3.79. The maximum absolute atomic E-state index is 13.5. The van der Waals surface area contributed by atoms with Crippen molar-refractivity contribution in [2.24, 2.45) is 0 Å². The van der Waals surface area contributed by atoms with Gasteiger partial charge < -0.3 is 14.8 Å². The summed E-state index contributed by atoms with van der Waals surface area (Å²) in [6.45, 7) is 5.08. The van der Waals surface area contributed by atoms with Gasteiger partial charge in [0.05, 0.1) is 18.3 Å². The van der Waals surface area contributed by atoms with Crippen LogP contribution < -0.4 is 5.32 Å². The fraction of sp³-hybridized carbons (Fsp3) is 0.292. The standard InChI is InChI=1S/C24H23ClF2N2O5/c1-24(2,3)34-23(32)29-18-12-14(25)6-7-15(18)20(21(29)22(31)33-4)28-10-9-19(30)13-5-8-16(26)17(27)11-13/h5-8,11-12,28H,9-10H2,1-4H3. The van der Waals surface area contributed by atoms with Gasteiger partial charge >= 0.3 is 12.1 Å². The van der Waals surface area contributed by atoms with Crippen molar-refractivity contribution in [3.05, 3.63) is 64.3 Å². The number of aromatic nitrogens is 1. The predicted octanol–water partition coefficient (Wildman–Crippen LogP) is 5.83. The summed E-state index contributed by atoms with van der Waals surface area (Å²) in [7, 11) is 1.17. The Bertz CT molecular complexity index is 1280. The van der Waals surface area contributed by atoms with Crippen molar-refractivity contribution >= 4 is 46.0 Å². The van der Waals surface area contributed by atoms with Crippen LogP contribution in [0.2, 0.25) is 5.02 Å². The zero-order valence-corrected chi connectivity index (χ0v) is 19.8. The Balaban J connectivity index is 1.99. The van der Waals surface area contributed by atoms with Gasteiger partial charge in [0.1, 0.15) is 5.60 Å². The van der Waals surface area contributed by atoms with Crippen molar-refractivity contribution < 1.29 is 32.6 Å². The molecule has 0 bridgehead atoms. The molecular formula is C24H23ClF2N2O5. The minimum absolute atomic E-state index is 0.0110. The number of Topliss-reactive ketones (excluding diaryl/α,β-unsaturated/α-hetero) is 1. The molecule has 180 valence electrons. The monoisotopic (exact) mass is 492 g/mol. The number of nitrogens with zero attached hydrogens (tertiary/aromatic N) is 1. The number of methoxy groups -OCH3 is 1. The summed E-state index contributed by atoms with van der Waals surface area (Å²) in [6.07, 6.45) is -0.913. The number of rotatable bonds is 6. The highest BCUT2D eigenvalue weighted by atomic mass is 35.5. The van der Waals surface area contributed by atoms with Gasteiger partial charge in [-0.05, 0) is 57.2 Å². The van der Waals surface area contributed by atoms with Crippen molar-refractivity contribution in [1.29, 1.82) is 0 Å². The van der Waals surface area contributed by atoms with Crippen molar-refractivity contribution in [2.45, 2.75) is 32.8 Å². The highest BCUT2D eigenvalue weighted by Crippen LogP contribution is 2.34. The molecule has 7 nitrogen and oxygen atoms in total. The lowest BCUT2D eigenvalue weighted by Gasteiger charge is -2.20. The molecule has 0 unspecified atom stereocenters. The number of halogens is 3. The summed E-state index contributed by atoms with van der Waals surface area (Å²) < 4.78 is 38.0. The van der Waals surface area contributed by atoms with E-state index in [-0.39, 0.29) is 29.9 Å². The maximum Gasteiger partial charge on any atom is 0.419 e. The van der Waals surface area contributed by atoms with Gasteiger partial charge in [0.2, 0.25) is 0 Å². The van der Waals surface area contributed by atoms with E-state index >= 15 is 0 Å². The molecule has 1 aromatic heterocycles. The molecule has 1 N–H and O–H groups in total.